The molecule has 0 bridgehead atoms. The van der Waals surface area contributed by atoms with Gasteiger partial charge < -0.3 is 18.5 Å². The third-order valence-corrected chi connectivity index (χ3v) is 7.05. The number of benzene rings is 2. The van der Waals surface area contributed by atoms with Gasteiger partial charge in [-0.2, -0.15) is 0 Å². The Morgan fingerprint density at radius 3 is 2.69 bits per heavy atom. The summed E-state index contributed by atoms with van der Waals surface area (Å²) in [6.45, 7) is 4.98. The molecule has 0 spiro atoms. The van der Waals surface area contributed by atoms with Gasteiger partial charge in [-0.3, -0.25) is 9.59 Å². The highest BCUT2D eigenvalue weighted by molar-refractivity contribution is 6.02. The lowest BCUT2D eigenvalue weighted by atomic mass is 9.96. The van der Waals surface area contributed by atoms with Crippen LogP contribution in [-0.4, -0.2) is 36.5 Å². The van der Waals surface area contributed by atoms with Crippen LogP contribution in [0.1, 0.15) is 37.3 Å². The monoisotopic (exact) mass is 487 g/mol. The van der Waals surface area contributed by atoms with Crippen LogP contribution in [0.25, 0.3) is 33.1 Å². The second kappa shape index (κ2) is 10.0. The number of hydrogen-bond acceptors (Lipinski definition) is 6. The minimum atomic E-state index is -0.440. The van der Waals surface area contributed by atoms with E-state index >= 15 is 0 Å². The van der Waals surface area contributed by atoms with Crippen molar-refractivity contribution in [2.45, 2.75) is 39.5 Å². The quantitative estimate of drug-likeness (QED) is 0.273. The average molecular weight is 488 g/mol. The number of likely N-dealkylation sites (tertiary alicyclic amines) is 1. The van der Waals surface area contributed by atoms with Gasteiger partial charge in [0.1, 0.15) is 11.2 Å². The first kappa shape index (κ1) is 23.9. The van der Waals surface area contributed by atoms with Gasteiger partial charge in [-0.05, 0) is 50.3 Å². The molecule has 0 saturated carbocycles. The molecule has 1 unspecified atom stereocenters. The van der Waals surface area contributed by atoms with E-state index in [2.05, 4.69) is 0 Å². The van der Waals surface area contributed by atoms with Crippen LogP contribution in [0.4, 0.5) is 0 Å². The van der Waals surface area contributed by atoms with Gasteiger partial charge in [0.15, 0.2) is 0 Å². The van der Waals surface area contributed by atoms with Crippen molar-refractivity contribution in [3.63, 3.8) is 0 Å². The number of amides is 1. The predicted octanol–water partition coefficient (Wildman–Crippen LogP) is 5.25. The van der Waals surface area contributed by atoms with Gasteiger partial charge in [0, 0.05) is 47.5 Å². The zero-order valence-corrected chi connectivity index (χ0v) is 20.5. The molecule has 0 aliphatic carbocycles. The van der Waals surface area contributed by atoms with Crippen molar-refractivity contribution in [2.75, 3.05) is 19.7 Å². The van der Waals surface area contributed by atoms with E-state index < -0.39 is 5.63 Å². The van der Waals surface area contributed by atoms with Crippen LogP contribution in [0.15, 0.2) is 62.4 Å². The highest BCUT2D eigenvalue weighted by Crippen LogP contribution is 2.34. The Morgan fingerprint density at radius 2 is 1.92 bits per heavy atom. The summed E-state index contributed by atoms with van der Waals surface area (Å²) in [5.41, 5.74) is 3.98. The molecule has 1 saturated heterocycles. The van der Waals surface area contributed by atoms with E-state index in [1.807, 2.05) is 43.3 Å². The highest BCUT2D eigenvalue weighted by Gasteiger charge is 2.29. The fourth-order valence-corrected chi connectivity index (χ4v) is 5.09. The molecular weight excluding hydrogens is 458 g/mol. The predicted molar refractivity (Wildman–Crippen MR) is 137 cm³/mol. The molecule has 2 aromatic heterocycles. The van der Waals surface area contributed by atoms with E-state index in [0.717, 1.165) is 40.3 Å². The fourth-order valence-electron chi connectivity index (χ4n) is 5.09. The van der Waals surface area contributed by atoms with Crippen LogP contribution >= 0.6 is 0 Å². The third kappa shape index (κ3) is 4.53. The fraction of sp³-hybridized carbons (Fsp3) is 0.345. The minimum absolute atomic E-state index is 0.0699. The van der Waals surface area contributed by atoms with Crippen molar-refractivity contribution in [3.05, 3.63) is 70.3 Å². The molecule has 2 aromatic carbocycles. The van der Waals surface area contributed by atoms with Gasteiger partial charge in [0.25, 0.3) is 0 Å². The third-order valence-electron chi connectivity index (χ3n) is 7.05. The van der Waals surface area contributed by atoms with E-state index in [1.165, 1.54) is 0 Å². The SMILES string of the molecule is CCOC(=O)C1CCCN(C(=O)CCc2c(C)c3cc4c(-c5ccccc5)coc4cc3oc2=O)C1. The molecule has 1 aliphatic rings. The molecule has 5 rings (SSSR count). The van der Waals surface area contributed by atoms with Crippen molar-refractivity contribution in [2.24, 2.45) is 5.92 Å². The van der Waals surface area contributed by atoms with Crippen molar-refractivity contribution in [3.8, 4) is 11.1 Å². The molecule has 7 nitrogen and oxygen atoms in total. The maximum atomic E-state index is 13.0. The van der Waals surface area contributed by atoms with E-state index in [9.17, 15) is 14.4 Å². The Kier molecular flexibility index (Phi) is 6.63. The van der Waals surface area contributed by atoms with Gasteiger partial charge >= 0.3 is 11.6 Å². The van der Waals surface area contributed by atoms with Gasteiger partial charge in [0.05, 0.1) is 18.8 Å². The van der Waals surface area contributed by atoms with Crippen molar-refractivity contribution in [1.29, 1.82) is 0 Å². The first-order valence-corrected chi connectivity index (χ1v) is 12.4. The van der Waals surface area contributed by atoms with Crippen molar-refractivity contribution < 1.29 is 23.2 Å². The highest BCUT2D eigenvalue weighted by atomic mass is 16.5. The maximum absolute atomic E-state index is 13.0. The summed E-state index contributed by atoms with van der Waals surface area (Å²) in [6.07, 6.45) is 3.66. The first-order valence-electron chi connectivity index (χ1n) is 12.4. The normalized spacial score (nSPS) is 15.9. The van der Waals surface area contributed by atoms with Crippen LogP contribution in [0.2, 0.25) is 0 Å². The lowest BCUT2D eigenvalue weighted by molar-refractivity contribution is -0.151. The number of fused-ring (bicyclic) bond motifs is 2. The maximum Gasteiger partial charge on any atom is 0.339 e. The molecular formula is C29H29NO6. The summed E-state index contributed by atoms with van der Waals surface area (Å²) in [7, 11) is 0. The summed E-state index contributed by atoms with van der Waals surface area (Å²) in [5.74, 6) is -0.604. The number of nitrogens with zero attached hydrogens (tertiary/aromatic N) is 1. The van der Waals surface area contributed by atoms with Gasteiger partial charge in [-0.1, -0.05) is 30.3 Å². The number of ether oxygens (including phenoxy) is 1. The second-order valence-corrected chi connectivity index (χ2v) is 9.28. The summed E-state index contributed by atoms with van der Waals surface area (Å²) >= 11 is 0. The van der Waals surface area contributed by atoms with Gasteiger partial charge in [0.2, 0.25) is 5.91 Å². The van der Waals surface area contributed by atoms with E-state index in [-0.39, 0.29) is 30.6 Å². The van der Waals surface area contributed by atoms with Crippen molar-refractivity contribution in [1.82, 2.24) is 4.90 Å². The summed E-state index contributed by atoms with van der Waals surface area (Å²) in [5, 5.41) is 1.76. The Labute approximate surface area is 208 Å². The van der Waals surface area contributed by atoms with Crippen LogP contribution in [0.5, 0.6) is 0 Å². The summed E-state index contributed by atoms with van der Waals surface area (Å²) in [4.78, 5) is 39.6. The minimum Gasteiger partial charge on any atom is -0.466 e. The molecule has 4 aromatic rings. The zero-order chi connectivity index (χ0) is 25.2. The van der Waals surface area contributed by atoms with Crippen LogP contribution < -0.4 is 5.63 Å². The molecule has 7 heteroatoms. The molecule has 3 heterocycles. The number of furan rings is 1. The lowest BCUT2D eigenvalue weighted by Crippen LogP contribution is -2.43. The van der Waals surface area contributed by atoms with E-state index in [4.69, 9.17) is 13.6 Å². The molecule has 186 valence electrons. The summed E-state index contributed by atoms with van der Waals surface area (Å²) in [6, 6.07) is 13.7. The second-order valence-electron chi connectivity index (χ2n) is 9.28. The van der Waals surface area contributed by atoms with Crippen LogP contribution in [-0.2, 0) is 20.7 Å². The van der Waals surface area contributed by atoms with E-state index in [1.54, 1.807) is 24.2 Å². The first-order chi connectivity index (χ1) is 17.5. The standard InChI is InChI=1S/C29H29NO6/c1-3-34-28(32)20-10-7-13-30(16-20)27(31)12-11-21-18(2)22-14-23-24(19-8-5-4-6-9-19)17-35-25(23)15-26(22)36-29(21)33/h4-6,8-9,14-15,17,20H,3,7,10-13,16H2,1-2H3. The average Bonchev–Trinajstić information content (AvgIpc) is 3.31. The molecule has 36 heavy (non-hydrogen) atoms. The number of esters is 1. The molecule has 1 aliphatic heterocycles. The molecule has 1 fully saturated rings. The topological polar surface area (TPSA) is 90.0 Å². The van der Waals surface area contributed by atoms with E-state index in [0.29, 0.717) is 36.4 Å². The molecule has 1 atom stereocenters. The molecule has 0 radical (unpaired) electrons. The number of carbonyl (C=O) groups excluding carboxylic acids is 2. The smallest absolute Gasteiger partial charge is 0.339 e. The van der Waals surface area contributed by atoms with Crippen LogP contribution in [0.3, 0.4) is 0 Å². The Balaban J connectivity index is 1.39. The molecule has 0 N–H and O–H groups in total. The number of carbonyl (C=O) groups is 2. The largest absolute Gasteiger partial charge is 0.466 e. The lowest BCUT2D eigenvalue weighted by Gasteiger charge is -2.31. The zero-order valence-electron chi connectivity index (χ0n) is 20.5. The van der Waals surface area contributed by atoms with Crippen LogP contribution in [0, 0.1) is 12.8 Å². The number of rotatable bonds is 6. The van der Waals surface area contributed by atoms with Gasteiger partial charge in [-0.25, -0.2) is 4.79 Å². The number of aryl methyl sites for hydroxylation is 1. The number of piperidine rings is 1. The molecule has 1 amide bonds. The summed E-state index contributed by atoms with van der Waals surface area (Å²) < 4.78 is 16.5. The number of hydrogen-bond donors (Lipinski definition) is 0. The van der Waals surface area contributed by atoms with Crippen molar-refractivity contribution >= 4 is 33.8 Å². The Bertz CT molecular complexity index is 1480. The Hall–Kier alpha value is -3.87. The Morgan fingerprint density at radius 1 is 1.11 bits per heavy atom. The van der Waals surface area contributed by atoms with Gasteiger partial charge in [-0.15, -0.1) is 0 Å².